The molecule has 0 bridgehead atoms. The molecule has 0 radical (unpaired) electrons. The molecule has 1 rings (SSSR count). The summed E-state index contributed by atoms with van der Waals surface area (Å²) in [7, 11) is 0. The summed E-state index contributed by atoms with van der Waals surface area (Å²) >= 11 is 0. The van der Waals surface area contributed by atoms with Gasteiger partial charge in [0.15, 0.2) is 11.5 Å². The third-order valence-corrected chi connectivity index (χ3v) is 2.80. The summed E-state index contributed by atoms with van der Waals surface area (Å²) in [6.45, 7) is 9.93. The van der Waals surface area contributed by atoms with E-state index in [1.54, 1.807) is 32.9 Å². The van der Waals surface area contributed by atoms with E-state index in [-0.39, 0.29) is 19.8 Å². The molecule has 0 aliphatic rings. The predicted molar refractivity (Wildman–Crippen MR) is 102 cm³/mol. The molecule has 0 fully saturated rings. The van der Waals surface area contributed by atoms with Crippen molar-refractivity contribution in [2.24, 2.45) is 4.99 Å². The van der Waals surface area contributed by atoms with Gasteiger partial charge in [-0.05, 0) is 34.6 Å². The molecule has 0 aliphatic heterocycles. The molecule has 0 aliphatic carbocycles. The molecule has 0 aromatic heterocycles. The number of ether oxygens (including phenoxy) is 3. The lowest BCUT2D eigenvalue weighted by atomic mass is 10.2. The Morgan fingerprint density at radius 2 is 1.20 bits per heavy atom. The van der Waals surface area contributed by atoms with E-state index < -0.39 is 0 Å². The molecule has 0 atom stereocenters. The number of hydrogen-bond donors (Lipinski definition) is 0. The van der Waals surface area contributed by atoms with Gasteiger partial charge in [-0.25, -0.2) is 0 Å². The fraction of sp³-hybridized carbons (Fsp3) is 0.381. The van der Waals surface area contributed by atoms with Gasteiger partial charge in [0, 0.05) is 17.8 Å². The molecular formula is C21H23NO3. The van der Waals surface area contributed by atoms with E-state index in [0.717, 1.165) is 5.71 Å². The molecule has 0 heterocycles. The molecule has 0 spiro atoms. The lowest BCUT2D eigenvalue weighted by Crippen LogP contribution is -2.02. The van der Waals surface area contributed by atoms with E-state index in [0.29, 0.717) is 22.9 Å². The topological polar surface area (TPSA) is 40.0 Å². The van der Waals surface area contributed by atoms with Crippen molar-refractivity contribution in [2.45, 2.75) is 34.6 Å². The van der Waals surface area contributed by atoms with Gasteiger partial charge in [-0.15, -0.1) is 17.8 Å². The van der Waals surface area contributed by atoms with E-state index in [1.165, 1.54) is 0 Å². The highest BCUT2D eigenvalue weighted by atomic mass is 16.5. The summed E-state index contributed by atoms with van der Waals surface area (Å²) in [6, 6.07) is 3.54. The van der Waals surface area contributed by atoms with Gasteiger partial charge >= 0.3 is 0 Å². The molecule has 0 saturated heterocycles. The van der Waals surface area contributed by atoms with Crippen LogP contribution in [0.5, 0.6) is 17.2 Å². The van der Waals surface area contributed by atoms with Crippen LogP contribution in [0.3, 0.4) is 0 Å². The van der Waals surface area contributed by atoms with Gasteiger partial charge in [-0.2, -0.15) is 0 Å². The Balaban J connectivity index is 3.27. The van der Waals surface area contributed by atoms with Crippen LogP contribution in [0.25, 0.3) is 0 Å². The first-order valence-corrected chi connectivity index (χ1v) is 7.89. The maximum atomic E-state index is 5.73. The average molecular weight is 337 g/mol. The Hall–Kier alpha value is -3.03. The van der Waals surface area contributed by atoms with E-state index >= 15 is 0 Å². The van der Waals surface area contributed by atoms with Crippen molar-refractivity contribution in [1.29, 1.82) is 0 Å². The first kappa shape index (κ1) is 20.0. The Labute approximate surface area is 150 Å². The van der Waals surface area contributed by atoms with E-state index in [4.69, 9.17) is 14.2 Å². The van der Waals surface area contributed by atoms with Crippen molar-refractivity contribution < 1.29 is 14.2 Å². The average Bonchev–Trinajstić information content (AvgIpc) is 2.57. The summed E-state index contributed by atoms with van der Waals surface area (Å²) in [5.74, 6) is 18.7. The molecule has 25 heavy (non-hydrogen) atoms. The van der Waals surface area contributed by atoms with Crippen LogP contribution in [0.1, 0.15) is 34.6 Å². The number of benzene rings is 1. The van der Waals surface area contributed by atoms with Crippen molar-refractivity contribution in [3.63, 3.8) is 0 Å². The molecule has 1 aromatic rings. The normalized spacial score (nSPS) is 8.52. The highest BCUT2D eigenvalue weighted by Crippen LogP contribution is 2.40. The number of nitrogens with zero attached hydrogens (tertiary/aromatic N) is 1. The van der Waals surface area contributed by atoms with Gasteiger partial charge in [0.1, 0.15) is 31.3 Å². The molecule has 4 nitrogen and oxygen atoms in total. The maximum Gasteiger partial charge on any atom is 0.166 e. The van der Waals surface area contributed by atoms with Gasteiger partial charge in [0.2, 0.25) is 0 Å². The van der Waals surface area contributed by atoms with Crippen molar-refractivity contribution >= 4 is 11.4 Å². The highest BCUT2D eigenvalue weighted by molar-refractivity contribution is 5.83. The largest absolute Gasteiger partial charge is 0.479 e. The summed E-state index contributed by atoms with van der Waals surface area (Å²) in [5.41, 5.74) is 1.56. The second kappa shape index (κ2) is 11.5. The molecule has 4 heteroatoms. The van der Waals surface area contributed by atoms with Gasteiger partial charge in [-0.3, -0.25) is 4.99 Å². The Morgan fingerprint density at radius 3 is 1.64 bits per heavy atom. The third kappa shape index (κ3) is 7.38. The Morgan fingerprint density at radius 1 is 0.760 bits per heavy atom. The lowest BCUT2D eigenvalue weighted by molar-refractivity contribution is 0.309. The van der Waals surface area contributed by atoms with Crippen LogP contribution in [-0.2, 0) is 0 Å². The monoisotopic (exact) mass is 337 g/mol. The molecule has 1 aromatic carbocycles. The minimum atomic E-state index is 0.260. The fourth-order valence-corrected chi connectivity index (χ4v) is 1.76. The van der Waals surface area contributed by atoms with Crippen LogP contribution in [-0.4, -0.2) is 25.5 Å². The Kier molecular flexibility index (Phi) is 9.20. The molecule has 0 amide bonds. The second-order valence-electron chi connectivity index (χ2n) is 4.97. The summed E-state index contributed by atoms with van der Waals surface area (Å²) < 4.78 is 17.1. The van der Waals surface area contributed by atoms with Crippen molar-refractivity contribution in [2.75, 3.05) is 19.8 Å². The molecule has 0 N–H and O–H groups in total. The van der Waals surface area contributed by atoms with E-state index in [9.17, 15) is 0 Å². The standard InChI is InChI=1S/C21H23NO3/c1-6-9-12-23-19-16-21(25-14-11-8-3)20(24-13-10-7-2)15-18(19)22-17(4)5/h15-16H,12-14H2,1-5H3. The van der Waals surface area contributed by atoms with Crippen LogP contribution < -0.4 is 14.2 Å². The number of rotatable bonds is 7. The zero-order valence-electron chi connectivity index (χ0n) is 15.4. The van der Waals surface area contributed by atoms with Crippen molar-refractivity contribution in [3.8, 4) is 52.8 Å². The van der Waals surface area contributed by atoms with Crippen LogP contribution in [0.15, 0.2) is 17.1 Å². The van der Waals surface area contributed by atoms with E-state index in [2.05, 4.69) is 40.5 Å². The third-order valence-electron chi connectivity index (χ3n) is 2.80. The SMILES string of the molecule is CC#CCOc1cc(OCC#CC)c(OCC#CC)cc1N=C(C)C. The van der Waals surface area contributed by atoms with Crippen LogP contribution in [0.2, 0.25) is 0 Å². The molecule has 0 saturated carbocycles. The maximum absolute atomic E-state index is 5.73. The zero-order chi connectivity index (χ0) is 18.5. The minimum absolute atomic E-state index is 0.260. The molecular weight excluding hydrogens is 314 g/mol. The molecule has 130 valence electrons. The van der Waals surface area contributed by atoms with E-state index in [1.807, 2.05) is 13.8 Å². The summed E-state index contributed by atoms with van der Waals surface area (Å²) in [5, 5.41) is 0. The summed E-state index contributed by atoms with van der Waals surface area (Å²) in [6.07, 6.45) is 0. The highest BCUT2D eigenvalue weighted by Gasteiger charge is 2.13. The fourth-order valence-electron chi connectivity index (χ4n) is 1.76. The smallest absolute Gasteiger partial charge is 0.166 e. The van der Waals surface area contributed by atoms with Gasteiger partial charge in [-0.1, -0.05) is 17.8 Å². The second-order valence-corrected chi connectivity index (χ2v) is 4.97. The first-order valence-electron chi connectivity index (χ1n) is 7.89. The predicted octanol–water partition coefficient (Wildman–Crippen LogP) is 4.01. The van der Waals surface area contributed by atoms with Gasteiger partial charge < -0.3 is 14.2 Å². The quantitative estimate of drug-likeness (QED) is 0.558. The van der Waals surface area contributed by atoms with Crippen molar-refractivity contribution in [1.82, 2.24) is 0 Å². The minimum Gasteiger partial charge on any atom is -0.479 e. The first-order chi connectivity index (χ1) is 12.1. The van der Waals surface area contributed by atoms with Crippen LogP contribution in [0, 0.1) is 35.5 Å². The summed E-state index contributed by atoms with van der Waals surface area (Å²) in [4.78, 5) is 4.51. The van der Waals surface area contributed by atoms with Crippen LogP contribution >= 0.6 is 0 Å². The molecule has 0 unspecified atom stereocenters. The Bertz CT molecular complexity index is 786. The lowest BCUT2D eigenvalue weighted by Gasteiger charge is -2.14. The van der Waals surface area contributed by atoms with Crippen molar-refractivity contribution in [3.05, 3.63) is 12.1 Å². The van der Waals surface area contributed by atoms with Crippen LogP contribution in [0.4, 0.5) is 5.69 Å². The number of aliphatic imine (C=N–C) groups is 1. The zero-order valence-corrected chi connectivity index (χ0v) is 15.4. The number of hydrogen-bond acceptors (Lipinski definition) is 4. The van der Waals surface area contributed by atoms with Gasteiger partial charge in [0.25, 0.3) is 0 Å². The van der Waals surface area contributed by atoms with Gasteiger partial charge in [0.05, 0.1) is 0 Å².